The highest BCUT2D eigenvalue weighted by molar-refractivity contribution is 9.10. The molecule has 92 valence electrons. The van der Waals surface area contributed by atoms with E-state index in [1.54, 1.807) is 0 Å². The fraction of sp³-hybridized carbons (Fsp3) is 0.385. The van der Waals surface area contributed by atoms with E-state index in [0.29, 0.717) is 0 Å². The first-order chi connectivity index (χ1) is 8.22. The fourth-order valence-corrected chi connectivity index (χ4v) is 2.64. The molecule has 1 aromatic carbocycles. The standard InChI is InChI=1S/C13H16BrClN2/c1-2-3-10-8-11(9-12(14)13(10)15)17-6-4-16-5-7-17/h2-3,8-9,16H,4-7H2,1H3. The van der Waals surface area contributed by atoms with Gasteiger partial charge in [0.25, 0.3) is 0 Å². The monoisotopic (exact) mass is 314 g/mol. The lowest BCUT2D eigenvalue weighted by Gasteiger charge is -2.30. The molecule has 1 heterocycles. The minimum atomic E-state index is 0.780. The number of halogens is 2. The van der Waals surface area contributed by atoms with Crippen LogP contribution < -0.4 is 10.2 Å². The molecule has 0 saturated carbocycles. The van der Waals surface area contributed by atoms with Gasteiger partial charge in [0.2, 0.25) is 0 Å². The van der Waals surface area contributed by atoms with Crippen LogP contribution in [0.1, 0.15) is 12.5 Å². The van der Waals surface area contributed by atoms with Crippen molar-refractivity contribution in [2.24, 2.45) is 0 Å². The van der Waals surface area contributed by atoms with Gasteiger partial charge in [0, 0.05) is 36.3 Å². The predicted molar refractivity (Wildman–Crippen MR) is 78.9 cm³/mol. The summed E-state index contributed by atoms with van der Waals surface area (Å²) < 4.78 is 0.961. The summed E-state index contributed by atoms with van der Waals surface area (Å²) in [6.45, 7) is 6.17. The summed E-state index contributed by atoms with van der Waals surface area (Å²) in [6.07, 6.45) is 4.05. The summed E-state index contributed by atoms with van der Waals surface area (Å²) in [5, 5.41) is 4.14. The number of piperazine rings is 1. The van der Waals surface area contributed by atoms with E-state index >= 15 is 0 Å². The first kappa shape index (κ1) is 12.9. The van der Waals surface area contributed by atoms with Crippen molar-refractivity contribution in [2.45, 2.75) is 6.92 Å². The molecule has 1 aliphatic heterocycles. The first-order valence-electron chi connectivity index (χ1n) is 5.80. The number of nitrogens with zero attached hydrogens (tertiary/aromatic N) is 1. The highest BCUT2D eigenvalue weighted by Crippen LogP contribution is 2.32. The van der Waals surface area contributed by atoms with Crippen molar-refractivity contribution in [3.8, 4) is 0 Å². The minimum absolute atomic E-state index is 0.780. The number of nitrogens with one attached hydrogen (secondary N) is 1. The van der Waals surface area contributed by atoms with Crippen LogP contribution in [-0.4, -0.2) is 26.2 Å². The van der Waals surface area contributed by atoms with Crippen LogP contribution in [-0.2, 0) is 0 Å². The van der Waals surface area contributed by atoms with Gasteiger partial charge in [-0.05, 0) is 40.5 Å². The number of anilines is 1. The van der Waals surface area contributed by atoms with E-state index in [4.69, 9.17) is 11.6 Å². The van der Waals surface area contributed by atoms with Crippen LogP contribution in [0.2, 0.25) is 5.02 Å². The Morgan fingerprint density at radius 3 is 2.71 bits per heavy atom. The Labute approximate surface area is 116 Å². The molecule has 0 aliphatic carbocycles. The summed E-state index contributed by atoms with van der Waals surface area (Å²) in [6, 6.07) is 4.25. The summed E-state index contributed by atoms with van der Waals surface area (Å²) in [5.41, 5.74) is 2.30. The maximum absolute atomic E-state index is 6.25. The Morgan fingerprint density at radius 2 is 2.06 bits per heavy atom. The Kier molecular flexibility index (Phi) is 4.48. The van der Waals surface area contributed by atoms with Gasteiger partial charge in [0.05, 0.1) is 5.02 Å². The zero-order chi connectivity index (χ0) is 12.3. The Balaban J connectivity index is 2.34. The van der Waals surface area contributed by atoms with Gasteiger partial charge in [-0.15, -0.1) is 0 Å². The molecule has 0 spiro atoms. The number of allylic oxidation sites excluding steroid dienone is 1. The maximum atomic E-state index is 6.25. The Morgan fingerprint density at radius 1 is 1.35 bits per heavy atom. The van der Waals surface area contributed by atoms with Crippen LogP contribution >= 0.6 is 27.5 Å². The topological polar surface area (TPSA) is 15.3 Å². The smallest absolute Gasteiger partial charge is 0.0621 e. The molecule has 2 nitrogen and oxygen atoms in total. The lowest BCUT2D eigenvalue weighted by molar-refractivity contribution is 0.589. The van der Waals surface area contributed by atoms with Crippen molar-refractivity contribution < 1.29 is 0 Å². The van der Waals surface area contributed by atoms with Crippen molar-refractivity contribution in [1.29, 1.82) is 0 Å². The fourth-order valence-electron chi connectivity index (χ4n) is 2.00. The average Bonchev–Trinajstić information content (AvgIpc) is 2.36. The van der Waals surface area contributed by atoms with Crippen molar-refractivity contribution in [2.75, 3.05) is 31.1 Å². The number of rotatable bonds is 2. The van der Waals surface area contributed by atoms with Gasteiger partial charge in [-0.3, -0.25) is 0 Å². The zero-order valence-electron chi connectivity index (χ0n) is 9.84. The van der Waals surface area contributed by atoms with Crippen molar-refractivity contribution in [3.05, 3.63) is 33.3 Å². The van der Waals surface area contributed by atoms with Crippen LogP contribution in [0.25, 0.3) is 6.08 Å². The third kappa shape index (κ3) is 3.03. The SMILES string of the molecule is CC=Cc1cc(N2CCNCC2)cc(Br)c1Cl. The van der Waals surface area contributed by atoms with Gasteiger partial charge < -0.3 is 10.2 Å². The molecule has 1 fully saturated rings. The van der Waals surface area contributed by atoms with E-state index in [2.05, 4.69) is 38.3 Å². The normalized spacial score (nSPS) is 16.8. The third-order valence-electron chi connectivity index (χ3n) is 2.87. The largest absolute Gasteiger partial charge is 0.369 e. The Hall–Kier alpha value is -0.510. The lowest BCUT2D eigenvalue weighted by atomic mass is 10.1. The van der Waals surface area contributed by atoms with Crippen molar-refractivity contribution in [1.82, 2.24) is 5.32 Å². The molecule has 17 heavy (non-hydrogen) atoms. The van der Waals surface area contributed by atoms with Crippen molar-refractivity contribution in [3.63, 3.8) is 0 Å². The van der Waals surface area contributed by atoms with Gasteiger partial charge in [-0.25, -0.2) is 0 Å². The molecule has 1 saturated heterocycles. The molecule has 0 amide bonds. The van der Waals surface area contributed by atoms with Gasteiger partial charge in [-0.1, -0.05) is 23.8 Å². The molecule has 1 aliphatic rings. The van der Waals surface area contributed by atoms with Crippen LogP contribution in [0.15, 0.2) is 22.7 Å². The molecule has 0 atom stereocenters. The second kappa shape index (κ2) is 5.89. The summed E-state index contributed by atoms with van der Waals surface area (Å²) in [7, 11) is 0. The third-order valence-corrected chi connectivity index (χ3v) is 4.15. The molecular formula is C13H16BrClN2. The second-order valence-corrected chi connectivity index (χ2v) is 5.30. The highest BCUT2D eigenvalue weighted by atomic mass is 79.9. The second-order valence-electron chi connectivity index (χ2n) is 4.07. The van der Waals surface area contributed by atoms with Crippen LogP contribution in [0.5, 0.6) is 0 Å². The highest BCUT2D eigenvalue weighted by Gasteiger charge is 2.13. The van der Waals surface area contributed by atoms with E-state index in [0.717, 1.165) is 41.2 Å². The molecular weight excluding hydrogens is 300 g/mol. The molecule has 1 N–H and O–H groups in total. The van der Waals surface area contributed by atoms with Crippen LogP contribution in [0.3, 0.4) is 0 Å². The Bertz CT molecular complexity index is 426. The summed E-state index contributed by atoms with van der Waals surface area (Å²) in [4.78, 5) is 2.38. The zero-order valence-corrected chi connectivity index (χ0v) is 12.2. The van der Waals surface area contributed by atoms with E-state index < -0.39 is 0 Å². The molecule has 2 rings (SSSR count). The molecule has 0 bridgehead atoms. The number of hydrogen-bond acceptors (Lipinski definition) is 2. The molecule has 1 aromatic rings. The maximum Gasteiger partial charge on any atom is 0.0621 e. The van der Waals surface area contributed by atoms with Crippen molar-refractivity contribution >= 4 is 39.3 Å². The van der Waals surface area contributed by atoms with E-state index in [-0.39, 0.29) is 0 Å². The summed E-state index contributed by atoms with van der Waals surface area (Å²) in [5.74, 6) is 0. The van der Waals surface area contributed by atoms with Gasteiger partial charge in [0.1, 0.15) is 0 Å². The average molecular weight is 316 g/mol. The molecule has 0 radical (unpaired) electrons. The quantitative estimate of drug-likeness (QED) is 0.898. The number of benzene rings is 1. The first-order valence-corrected chi connectivity index (χ1v) is 6.97. The predicted octanol–water partition coefficient (Wildman–Crippen LogP) is 3.55. The molecule has 4 heteroatoms. The molecule has 0 unspecified atom stereocenters. The van der Waals surface area contributed by atoms with Crippen LogP contribution in [0, 0.1) is 0 Å². The van der Waals surface area contributed by atoms with Gasteiger partial charge in [0.15, 0.2) is 0 Å². The summed E-state index contributed by atoms with van der Waals surface area (Å²) >= 11 is 9.78. The number of hydrogen-bond donors (Lipinski definition) is 1. The van der Waals surface area contributed by atoms with Gasteiger partial charge in [-0.2, -0.15) is 0 Å². The lowest BCUT2D eigenvalue weighted by Crippen LogP contribution is -2.43. The molecule has 0 aromatic heterocycles. The van der Waals surface area contributed by atoms with Gasteiger partial charge >= 0.3 is 0 Å². The van der Waals surface area contributed by atoms with Crippen LogP contribution in [0.4, 0.5) is 5.69 Å². The van der Waals surface area contributed by atoms with E-state index in [9.17, 15) is 0 Å². The van der Waals surface area contributed by atoms with E-state index in [1.165, 1.54) is 5.69 Å². The van der Waals surface area contributed by atoms with E-state index in [1.807, 2.05) is 19.1 Å². The minimum Gasteiger partial charge on any atom is -0.369 e.